The molecule has 0 radical (unpaired) electrons. The SMILES string of the molecule is O=C(COC(=O)C1=Cc2ccccc2OC1)Nc1ccc(Cl)c(C(F)(F)F)c1. The quantitative estimate of drug-likeness (QED) is 0.761. The van der Waals surface area contributed by atoms with Crippen LogP contribution in [0.2, 0.25) is 5.02 Å². The van der Waals surface area contributed by atoms with E-state index in [1.165, 1.54) is 6.07 Å². The average Bonchev–Trinajstić information content (AvgIpc) is 2.66. The predicted octanol–water partition coefficient (Wildman–Crippen LogP) is 4.32. The van der Waals surface area contributed by atoms with E-state index in [9.17, 15) is 22.8 Å². The first-order valence-corrected chi connectivity index (χ1v) is 8.38. The van der Waals surface area contributed by atoms with Gasteiger partial charge in [0.2, 0.25) is 0 Å². The number of halogens is 4. The second-order valence-corrected chi connectivity index (χ2v) is 6.22. The Bertz CT molecular complexity index is 956. The highest BCUT2D eigenvalue weighted by atomic mass is 35.5. The highest BCUT2D eigenvalue weighted by Crippen LogP contribution is 2.36. The van der Waals surface area contributed by atoms with Crippen LogP contribution in [0.1, 0.15) is 11.1 Å². The Balaban J connectivity index is 1.59. The number of amides is 1. The average molecular weight is 412 g/mol. The Morgan fingerprint density at radius 1 is 1.18 bits per heavy atom. The van der Waals surface area contributed by atoms with E-state index in [1.807, 2.05) is 0 Å². The number of anilines is 1. The monoisotopic (exact) mass is 411 g/mol. The third-order valence-electron chi connectivity index (χ3n) is 3.78. The number of nitrogens with one attached hydrogen (secondary N) is 1. The molecule has 1 amide bonds. The fourth-order valence-electron chi connectivity index (χ4n) is 2.48. The van der Waals surface area contributed by atoms with Crippen molar-refractivity contribution in [1.82, 2.24) is 0 Å². The van der Waals surface area contributed by atoms with Crippen molar-refractivity contribution in [3.63, 3.8) is 0 Å². The van der Waals surface area contributed by atoms with E-state index in [1.54, 1.807) is 30.3 Å². The van der Waals surface area contributed by atoms with Crippen LogP contribution < -0.4 is 10.1 Å². The minimum atomic E-state index is -4.66. The molecule has 0 aromatic heterocycles. The number of benzene rings is 2. The third-order valence-corrected chi connectivity index (χ3v) is 4.11. The molecule has 9 heteroatoms. The molecular formula is C19H13ClF3NO4. The van der Waals surface area contributed by atoms with Gasteiger partial charge in [0.25, 0.3) is 5.91 Å². The number of rotatable bonds is 4. The van der Waals surface area contributed by atoms with Gasteiger partial charge in [-0.25, -0.2) is 4.79 Å². The van der Waals surface area contributed by atoms with E-state index in [4.69, 9.17) is 21.1 Å². The number of carbonyl (C=O) groups is 2. The summed E-state index contributed by atoms with van der Waals surface area (Å²) in [7, 11) is 0. The summed E-state index contributed by atoms with van der Waals surface area (Å²) in [6.07, 6.45) is -3.07. The first-order chi connectivity index (χ1) is 13.2. The van der Waals surface area contributed by atoms with E-state index in [0.29, 0.717) is 17.4 Å². The van der Waals surface area contributed by atoms with Crippen molar-refractivity contribution in [2.24, 2.45) is 0 Å². The zero-order chi connectivity index (χ0) is 20.3. The molecule has 2 aromatic rings. The molecular weight excluding hydrogens is 399 g/mol. The van der Waals surface area contributed by atoms with Gasteiger partial charge in [0.15, 0.2) is 6.61 Å². The fourth-order valence-corrected chi connectivity index (χ4v) is 2.70. The summed E-state index contributed by atoms with van der Waals surface area (Å²) in [5, 5.41) is 1.75. The van der Waals surface area contributed by atoms with E-state index < -0.39 is 35.2 Å². The van der Waals surface area contributed by atoms with Crippen LogP contribution in [0.25, 0.3) is 6.08 Å². The molecule has 0 unspecified atom stereocenters. The molecule has 0 saturated heterocycles. The molecule has 5 nitrogen and oxygen atoms in total. The second-order valence-electron chi connectivity index (χ2n) is 5.81. The van der Waals surface area contributed by atoms with Crippen LogP contribution in [0, 0.1) is 0 Å². The lowest BCUT2D eigenvalue weighted by Crippen LogP contribution is -2.24. The van der Waals surface area contributed by atoms with E-state index in [-0.39, 0.29) is 17.9 Å². The maximum absolute atomic E-state index is 12.8. The summed E-state index contributed by atoms with van der Waals surface area (Å²) in [5.74, 6) is -0.918. The zero-order valence-corrected chi connectivity index (χ0v) is 14.9. The largest absolute Gasteiger partial charge is 0.488 e. The summed E-state index contributed by atoms with van der Waals surface area (Å²) in [6, 6.07) is 10.0. The minimum absolute atomic E-state index is 0.0103. The molecule has 0 saturated carbocycles. The Hall–Kier alpha value is -3.00. The van der Waals surface area contributed by atoms with Crippen LogP contribution in [0.3, 0.4) is 0 Å². The molecule has 3 rings (SSSR count). The number of ether oxygens (including phenoxy) is 2. The smallest absolute Gasteiger partial charge is 0.417 e. The van der Waals surface area contributed by atoms with Crippen LogP contribution >= 0.6 is 11.6 Å². The van der Waals surface area contributed by atoms with E-state index >= 15 is 0 Å². The summed E-state index contributed by atoms with van der Waals surface area (Å²) in [4.78, 5) is 24.0. The van der Waals surface area contributed by atoms with Gasteiger partial charge in [-0.15, -0.1) is 0 Å². The summed E-state index contributed by atoms with van der Waals surface area (Å²) in [6.45, 7) is -0.675. The molecule has 146 valence electrons. The lowest BCUT2D eigenvalue weighted by molar-refractivity contribution is -0.143. The van der Waals surface area contributed by atoms with Crippen molar-refractivity contribution in [3.05, 3.63) is 64.2 Å². The van der Waals surface area contributed by atoms with Gasteiger partial charge in [-0.1, -0.05) is 29.8 Å². The van der Waals surface area contributed by atoms with Gasteiger partial charge >= 0.3 is 12.1 Å². The zero-order valence-electron chi connectivity index (χ0n) is 14.2. The van der Waals surface area contributed by atoms with E-state index in [2.05, 4.69) is 5.32 Å². The lowest BCUT2D eigenvalue weighted by atomic mass is 10.1. The number of carbonyl (C=O) groups excluding carboxylic acids is 2. The fraction of sp³-hybridized carbons (Fsp3) is 0.158. The van der Waals surface area contributed by atoms with Crippen molar-refractivity contribution in [3.8, 4) is 5.75 Å². The molecule has 0 bridgehead atoms. The van der Waals surface area contributed by atoms with Crippen LogP contribution in [-0.2, 0) is 20.5 Å². The highest BCUT2D eigenvalue weighted by molar-refractivity contribution is 6.31. The van der Waals surface area contributed by atoms with Gasteiger partial charge in [-0.2, -0.15) is 13.2 Å². The van der Waals surface area contributed by atoms with Crippen molar-refractivity contribution in [2.45, 2.75) is 6.18 Å². The van der Waals surface area contributed by atoms with Crippen molar-refractivity contribution < 1.29 is 32.2 Å². The van der Waals surface area contributed by atoms with Gasteiger partial charge in [-0.3, -0.25) is 4.79 Å². The van der Waals surface area contributed by atoms with Gasteiger partial charge in [0.1, 0.15) is 12.4 Å². The number of fused-ring (bicyclic) bond motifs is 1. The number of alkyl halides is 3. The molecule has 1 aliphatic heterocycles. The predicted molar refractivity (Wildman–Crippen MR) is 96.0 cm³/mol. The maximum Gasteiger partial charge on any atom is 0.417 e. The van der Waals surface area contributed by atoms with Crippen molar-refractivity contribution in [2.75, 3.05) is 18.5 Å². The number of esters is 1. The maximum atomic E-state index is 12.8. The van der Waals surface area contributed by atoms with Gasteiger partial charge < -0.3 is 14.8 Å². The molecule has 1 aliphatic rings. The summed E-state index contributed by atoms with van der Waals surface area (Å²) < 4.78 is 48.9. The molecule has 2 aromatic carbocycles. The summed E-state index contributed by atoms with van der Waals surface area (Å²) >= 11 is 5.52. The number of hydrogen-bond donors (Lipinski definition) is 1. The van der Waals surface area contributed by atoms with Gasteiger partial charge in [0, 0.05) is 11.3 Å². The van der Waals surface area contributed by atoms with Crippen LogP contribution in [0.5, 0.6) is 5.75 Å². The Morgan fingerprint density at radius 3 is 2.68 bits per heavy atom. The lowest BCUT2D eigenvalue weighted by Gasteiger charge is -2.17. The van der Waals surface area contributed by atoms with Crippen LogP contribution in [-0.4, -0.2) is 25.1 Å². The summed E-state index contributed by atoms with van der Waals surface area (Å²) in [5.41, 5.74) is -0.276. The van der Waals surface area contributed by atoms with E-state index in [0.717, 1.165) is 6.07 Å². The molecule has 28 heavy (non-hydrogen) atoms. The number of para-hydroxylation sites is 1. The first kappa shape index (κ1) is 19.8. The number of hydrogen-bond acceptors (Lipinski definition) is 4. The molecule has 1 heterocycles. The standard InChI is InChI=1S/C19H13ClF3NO4/c20-15-6-5-13(8-14(15)19(21,22)23)24-17(25)10-28-18(26)12-7-11-3-1-2-4-16(11)27-9-12/h1-8H,9-10H2,(H,24,25). The molecule has 0 atom stereocenters. The minimum Gasteiger partial charge on any atom is -0.488 e. The van der Waals surface area contributed by atoms with Crippen LogP contribution in [0.4, 0.5) is 18.9 Å². The second kappa shape index (κ2) is 7.93. The normalized spacial score (nSPS) is 13.1. The van der Waals surface area contributed by atoms with Crippen molar-refractivity contribution >= 4 is 35.2 Å². The molecule has 0 fully saturated rings. The molecule has 0 aliphatic carbocycles. The topological polar surface area (TPSA) is 64.6 Å². The van der Waals surface area contributed by atoms with Gasteiger partial charge in [-0.05, 0) is 30.3 Å². The Kier molecular flexibility index (Phi) is 5.60. The highest BCUT2D eigenvalue weighted by Gasteiger charge is 2.33. The molecule has 0 spiro atoms. The van der Waals surface area contributed by atoms with Crippen LogP contribution in [0.15, 0.2) is 48.0 Å². The Labute approximate surface area is 162 Å². The van der Waals surface area contributed by atoms with Crippen molar-refractivity contribution in [1.29, 1.82) is 0 Å². The third kappa shape index (κ3) is 4.64. The first-order valence-electron chi connectivity index (χ1n) is 8.00. The molecule has 1 N–H and O–H groups in total. The van der Waals surface area contributed by atoms with Gasteiger partial charge in [0.05, 0.1) is 16.2 Å². The Morgan fingerprint density at radius 2 is 1.93 bits per heavy atom.